The number of halogens is 2. The predicted molar refractivity (Wildman–Crippen MR) is 91.3 cm³/mol. The van der Waals surface area contributed by atoms with E-state index in [9.17, 15) is 18.4 Å². The van der Waals surface area contributed by atoms with E-state index in [2.05, 4.69) is 4.74 Å². The highest BCUT2D eigenvalue weighted by Gasteiger charge is 2.39. The summed E-state index contributed by atoms with van der Waals surface area (Å²) in [6, 6.07) is 5.68. The Morgan fingerprint density at radius 2 is 1.81 bits per heavy atom. The van der Waals surface area contributed by atoms with Crippen molar-refractivity contribution in [3.63, 3.8) is 0 Å². The number of rotatable bonds is 3. The number of piperidine rings is 1. The van der Waals surface area contributed by atoms with Gasteiger partial charge in [-0.1, -0.05) is 0 Å². The zero-order valence-electron chi connectivity index (χ0n) is 14.9. The van der Waals surface area contributed by atoms with Gasteiger partial charge in [0.05, 0.1) is 0 Å². The Balaban J connectivity index is 1.73. The van der Waals surface area contributed by atoms with Crippen LogP contribution in [0.25, 0.3) is 0 Å². The number of benzene rings is 1. The summed E-state index contributed by atoms with van der Waals surface area (Å²) < 4.78 is 28.8. The van der Waals surface area contributed by atoms with Crippen molar-refractivity contribution in [3.8, 4) is 5.75 Å². The lowest BCUT2D eigenvalue weighted by molar-refractivity contribution is -0.0498. The monoisotopic (exact) mass is 367 g/mol. The second-order valence-electron chi connectivity index (χ2n) is 7.04. The Morgan fingerprint density at radius 3 is 2.42 bits per heavy atom. The van der Waals surface area contributed by atoms with Crippen LogP contribution in [0.2, 0.25) is 0 Å². The minimum atomic E-state index is -2.89. The minimum absolute atomic E-state index is 0.0247. The van der Waals surface area contributed by atoms with E-state index in [0.717, 1.165) is 12.8 Å². The summed E-state index contributed by atoms with van der Waals surface area (Å²) in [6.07, 6.45) is 1.85. The number of urea groups is 1. The van der Waals surface area contributed by atoms with Crippen LogP contribution >= 0.6 is 0 Å². The third kappa shape index (κ3) is 3.89. The lowest BCUT2D eigenvalue weighted by Crippen LogP contribution is -2.48. The maximum Gasteiger partial charge on any atom is 0.387 e. The fraction of sp³-hybridized carbons (Fsp3) is 0.556. The second kappa shape index (κ2) is 7.47. The van der Waals surface area contributed by atoms with E-state index in [1.807, 2.05) is 9.80 Å². The topological polar surface area (TPSA) is 53.1 Å². The summed E-state index contributed by atoms with van der Waals surface area (Å²) in [6.45, 7) is -1.11. The Kier molecular flexibility index (Phi) is 5.29. The van der Waals surface area contributed by atoms with Crippen molar-refractivity contribution in [2.45, 2.75) is 25.5 Å². The van der Waals surface area contributed by atoms with E-state index < -0.39 is 6.61 Å². The molecule has 0 saturated carbocycles. The quantitative estimate of drug-likeness (QED) is 0.825. The molecule has 0 unspecified atom stereocenters. The molecule has 142 valence electrons. The first-order chi connectivity index (χ1) is 12.3. The first-order valence-electron chi connectivity index (χ1n) is 8.67. The largest absolute Gasteiger partial charge is 0.435 e. The third-order valence-corrected chi connectivity index (χ3v) is 4.95. The molecule has 8 heteroatoms. The van der Waals surface area contributed by atoms with Crippen LogP contribution in [0.1, 0.15) is 23.2 Å². The molecule has 3 aliphatic heterocycles. The van der Waals surface area contributed by atoms with Gasteiger partial charge in [0.1, 0.15) is 5.75 Å². The first-order valence-corrected chi connectivity index (χ1v) is 8.67. The van der Waals surface area contributed by atoms with Crippen molar-refractivity contribution in [1.82, 2.24) is 14.7 Å². The zero-order valence-corrected chi connectivity index (χ0v) is 14.9. The fourth-order valence-electron chi connectivity index (χ4n) is 3.71. The third-order valence-electron chi connectivity index (χ3n) is 4.95. The molecule has 1 aromatic rings. The molecule has 6 nitrogen and oxygen atoms in total. The SMILES string of the molecule is CN(C)C(=O)N1C[C@H]2CC[C@@H](C1)N(C(=O)c1ccc(OC(F)F)cc1)C2. The smallest absolute Gasteiger partial charge is 0.387 e. The van der Waals surface area contributed by atoms with Gasteiger partial charge in [0, 0.05) is 45.3 Å². The summed E-state index contributed by atoms with van der Waals surface area (Å²) in [5.41, 5.74) is 0.435. The highest BCUT2D eigenvalue weighted by molar-refractivity contribution is 5.94. The van der Waals surface area contributed by atoms with Crippen LogP contribution in [0, 0.1) is 5.92 Å². The molecule has 3 aliphatic rings. The van der Waals surface area contributed by atoms with Crippen LogP contribution in [0.3, 0.4) is 0 Å². The van der Waals surface area contributed by atoms with Gasteiger partial charge in [-0.2, -0.15) is 8.78 Å². The maximum atomic E-state index is 12.9. The first kappa shape index (κ1) is 18.4. The molecule has 0 spiro atoms. The lowest BCUT2D eigenvalue weighted by Gasteiger charge is -2.36. The minimum Gasteiger partial charge on any atom is -0.435 e. The van der Waals surface area contributed by atoms with Gasteiger partial charge < -0.3 is 19.4 Å². The molecule has 0 radical (unpaired) electrons. The molecule has 2 bridgehead atoms. The molecule has 26 heavy (non-hydrogen) atoms. The van der Waals surface area contributed by atoms with E-state index in [0.29, 0.717) is 25.2 Å². The summed E-state index contributed by atoms with van der Waals surface area (Å²) in [7, 11) is 3.45. The number of carbonyl (C=O) groups excluding carboxylic acids is 2. The molecular weight excluding hydrogens is 344 g/mol. The van der Waals surface area contributed by atoms with Crippen molar-refractivity contribution >= 4 is 11.9 Å². The summed E-state index contributed by atoms with van der Waals surface area (Å²) in [5.74, 6) is 0.141. The highest BCUT2D eigenvalue weighted by Crippen LogP contribution is 2.30. The molecule has 1 aromatic carbocycles. The molecule has 2 atom stereocenters. The van der Waals surface area contributed by atoms with Crippen molar-refractivity contribution < 1.29 is 23.1 Å². The number of hydrogen-bond acceptors (Lipinski definition) is 3. The van der Waals surface area contributed by atoms with Crippen molar-refractivity contribution in [2.75, 3.05) is 33.7 Å². The van der Waals surface area contributed by atoms with E-state index in [-0.39, 0.29) is 29.6 Å². The van der Waals surface area contributed by atoms with Gasteiger partial charge in [-0.25, -0.2) is 4.79 Å². The van der Waals surface area contributed by atoms with Gasteiger partial charge >= 0.3 is 12.6 Å². The summed E-state index contributed by atoms with van der Waals surface area (Å²) >= 11 is 0. The number of amides is 3. The van der Waals surface area contributed by atoms with Crippen molar-refractivity contribution in [1.29, 1.82) is 0 Å². The number of alkyl halides is 2. The van der Waals surface area contributed by atoms with Gasteiger partial charge in [0.25, 0.3) is 5.91 Å². The molecule has 0 aliphatic carbocycles. The number of fused-ring (bicyclic) bond motifs is 4. The average molecular weight is 367 g/mol. The normalized spacial score (nSPS) is 22.3. The number of hydrogen-bond donors (Lipinski definition) is 0. The van der Waals surface area contributed by atoms with E-state index in [4.69, 9.17) is 0 Å². The fourth-order valence-corrected chi connectivity index (χ4v) is 3.71. The van der Waals surface area contributed by atoms with E-state index in [1.165, 1.54) is 24.3 Å². The Labute approximate surface area is 151 Å². The number of nitrogens with zero attached hydrogens (tertiary/aromatic N) is 3. The van der Waals surface area contributed by atoms with E-state index in [1.54, 1.807) is 19.0 Å². The standard InChI is InChI=1S/C18H23F2N3O3/c1-21(2)18(25)22-9-12-3-6-14(11-22)23(10-12)16(24)13-4-7-15(8-5-13)26-17(19)20/h4-5,7-8,12,14,17H,3,6,9-11H2,1-2H3/t12-,14+/m1/s1. The predicted octanol–water partition coefficient (Wildman–Crippen LogP) is 2.51. The van der Waals surface area contributed by atoms with E-state index >= 15 is 0 Å². The Bertz CT molecular complexity index is 666. The molecule has 0 aromatic heterocycles. The molecule has 4 rings (SSSR count). The van der Waals surface area contributed by atoms with Crippen LogP contribution in [0.4, 0.5) is 13.6 Å². The Morgan fingerprint density at radius 1 is 1.12 bits per heavy atom. The number of ether oxygens (including phenoxy) is 1. The van der Waals surface area contributed by atoms with Crippen LogP contribution in [-0.2, 0) is 0 Å². The van der Waals surface area contributed by atoms with Gasteiger partial charge in [-0.15, -0.1) is 0 Å². The molecular formula is C18H23F2N3O3. The zero-order chi connectivity index (χ0) is 18.8. The summed E-state index contributed by atoms with van der Waals surface area (Å²) in [5, 5.41) is 0. The van der Waals surface area contributed by atoms with Gasteiger partial charge in [-0.3, -0.25) is 4.79 Å². The van der Waals surface area contributed by atoms with Crippen LogP contribution < -0.4 is 4.74 Å². The van der Waals surface area contributed by atoms with Gasteiger partial charge in [-0.05, 0) is 43.0 Å². The van der Waals surface area contributed by atoms with Gasteiger partial charge in [0.2, 0.25) is 0 Å². The molecule has 3 amide bonds. The van der Waals surface area contributed by atoms with Crippen LogP contribution in [0.15, 0.2) is 24.3 Å². The van der Waals surface area contributed by atoms with Crippen molar-refractivity contribution in [2.24, 2.45) is 5.92 Å². The highest BCUT2D eigenvalue weighted by atomic mass is 19.3. The van der Waals surface area contributed by atoms with Crippen LogP contribution in [0.5, 0.6) is 5.75 Å². The molecule has 3 fully saturated rings. The molecule has 0 N–H and O–H groups in total. The molecule has 3 saturated heterocycles. The van der Waals surface area contributed by atoms with Crippen LogP contribution in [-0.4, -0.2) is 73.0 Å². The second-order valence-corrected chi connectivity index (χ2v) is 7.04. The van der Waals surface area contributed by atoms with Crippen molar-refractivity contribution in [3.05, 3.63) is 29.8 Å². The molecule has 3 heterocycles. The lowest BCUT2D eigenvalue weighted by atomic mass is 9.94. The summed E-state index contributed by atoms with van der Waals surface area (Å²) in [4.78, 5) is 30.4. The maximum absolute atomic E-state index is 12.9. The Hall–Kier alpha value is -2.38. The number of carbonyl (C=O) groups is 2. The van der Waals surface area contributed by atoms with Gasteiger partial charge in [0.15, 0.2) is 0 Å². The average Bonchev–Trinajstić information content (AvgIpc) is 2.92.